The first-order valence-electron chi connectivity index (χ1n) is 3.03. The SMILES string of the molecule is CN([SiH3])c1ccccc1. The van der Waals surface area contributed by atoms with Gasteiger partial charge in [-0.2, -0.15) is 0 Å². The maximum Gasteiger partial charge on any atom is 0.107 e. The fourth-order valence-electron chi connectivity index (χ4n) is 0.726. The first kappa shape index (κ1) is 6.36. The fraction of sp³-hybridized carbons (Fsp3) is 0.143. The fourth-order valence-corrected chi connectivity index (χ4v) is 1.02. The molecule has 0 aliphatic rings. The third-order valence-corrected chi connectivity index (χ3v) is 1.79. The molecule has 0 unspecified atom stereocenters. The number of anilines is 1. The average Bonchev–Trinajstić information content (AvgIpc) is 1.90. The molecule has 2 heteroatoms. The van der Waals surface area contributed by atoms with Gasteiger partial charge in [0.25, 0.3) is 0 Å². The molecule has 1 aromatic rings. The van der Waals surface area contributed by atoms with E-state index in [1.165, 1.54) is 5.69 Å². The lowest BCUT2D eigenvalue weighted by Gasteiger charge is -2.11. The molecule has 0 spiro atoms. The van der Waals surface area contributed by atoms with E-state index in [1.54, 1.807) is 0 Å². The average molecular weight is 137 g/mol. The van der Waals surface area contributed by atoms with Crippen molar-refractivity contribution in [1.29, 1.82) is 0 Å². The van der Waals surface area contributed by atoms with E-state index in [-0.39, 0.29) is 0 Å². The summed E-state index contributed by atoms with van der Waals surface area (Å²) in [5, 5.41) is 0. The Balaban J connectivity index is 2.85. The molecule has 1 aromatic carbocycles. The van der Waals surface area contributed by atoms with Gasteiger partial charge in [0.15, 0.2) is 0 Å². The first-order chi connectivity index (χ1) is 4.30. The van der Waals surface area contributed by atoms with Gasteiger partial charge in [-0.1, -0.05) is 18.2 Å². The minimum atomic E-state index is 1.09. The number of hydrogen-bond donors (Lipinski definition) is 0. The van der Waals surface area contributed by atoms with Crippen molar-refractivity contribution in [2.75, 3.05) is 11.6 Å². The van der Waals surface area contributed by atoms with Crippen LogP contribution in [0, 0.1) is 0 Å². The lowest BCUT2D eigenvalue weighted by atomic mass is 10.3. The summed E-state index contributed by atoms with van der Waals surface area (Å²) in [4.78, 5) is 0. The van der Waals surface area contributed by atoms with E-state index in [0.29, 0.717) is 0 Å². The predicted octanol–water partition coefficient (Wildman–Crippen LogP) is 0.403. The topological polar surface area (TPSA) is 3.24 Å². The summed E-state index contributed by atoms with van der Waals surface area (Å²) in [5.41, 5.74) is 1.31. The molecule has 0 aliphatic carbocycles. The Morgan fingerprint density at radius 2 is 1.78 bits per heavy atom. The van der Waals surface area contributed by atoms with Crippen molar-refractivity contribution in [1.82, 2.24) is 0 Å². The second-order valence-corrected chi connectivity index (χ2v) is 3.57. The second kappa shape index (κ2) is 2.69. The van der Waals surface area contributed by atoms with Crippen molar-refractivity contribution >= 4 is 16.1 Å². The highest BCUT2D eigenvalue weighted by Crippen LogP contribution is 2.06. The smallest absolute Gasteiger partial charge is 0.107 e. The van der Waals surface area contributed by atoms with E-state index in [1.807, 2.05) is 6.07 Å². The molecule has 0 radical (unpaired) electrons. The molecule has 1 rings (SSSR count). The van der Waals surface area contributed by atoms with E-state index in [9.17, 15) is 0 Å². The van der Waals surface area contributed by atoms with Gasteiger partial charge in [-0.25, -0.2) is 0 Å². The zero-order chi connectivity index (χ0) is 6.69. The van der Waals surface area contributed by atoms with Crippen LogP contribution in [0.1, 0.15) is 0 Å². The number of nitrogens with zero attached hydrogens (tertiary/aromatic N) is 1. The van der Waals surface area contributed by atoms with Crippen LogP contribution >= 0.6 is 0 Å². The lowest BCUT2D eigenvalue weighted by Crippen LogP contribution is -2.10. The molecular weight excluding hydrogens is 126 g/mol. The standard InChI is InChI=1S/C7H11NSi/c1-8(9)7-5-3-2-4-6-7/h2-6H,1,9H3. The van der Waals surface area contributed by atoms with Crippen molar-refractivity contribution in [2.45, 2.75) is 0 Å². The summed E-state index contributed by atoms with van der Waals surface area (Å²) in [7, 11) is 3.19. The van der Waals surface area contributed by atoms with E-state index in [2.05, 4.69) is 35.9 Å². The maximum absolute atomic E-state index is 2.22. The maximum atomic E-state index is 2.22. The zero-order valence-corrected chi connectivity index (χ0v) is 7.83. The summed E-state index contributed by atoms with van der Waals surface area (Å²) < 4.78 is 2.22. The van der Waals surface area contributed by atoms with Gasteiger partial charge in [-0.05, 0) is 19.2 Å². The molecule has 0 N–H and O–H groups in total. The summed E-state index contributed by atoms with van der Waals surface area (Å²) in [6, 6.07) is 10.4. The van der Waals surface area contributed by atoms with Crippen molar-refractivity contribution in [3.05, 3.63) is 30.3 Å². The molecule has 9 heavy (non-hydrogen) atoms. The molecule has 1 nitrogen and oxygen atoms in total. The zero-order valence-electron chi connectivity index (χ0n) is 5.83. The Hall–Kier alpha value is -0.763. The largest absolute Gasteiger partial charge is 0.409 e. The Morgan fingerprint density at radius 1 is 1.22 bits per heavy atom. The number of rotatable bonds is 1. The third-order valence-electron chi connectivity index (χ3n) is 1.27. The molecule has 48 valence electrons. The van der Waals surface area contributed by atoms with E-state index in [0.717, 1.165) is 10.4 Å². The van der Waals surface area contributed by atoms with Gasteiger partial charge < -0.3 is 4.57 Å². The second-order valence-electron chi connectivity index (χ2n) is 2.23. The van der Waals surface area contributed by atoms with Crippen LogP contribution in [0.25, 0.3) is 0 Å². The lowest BCUT2D eigenvalue weighted by molar-refractivity contribution is 1.34. The van der Waals surface area contributed by atoms with Gasteiger partial charge in [-0.3, -0.25) is 0 Å². The quantitative estimate of drug-likeness (QED) is 0.507. The van der Waals surface area contributed by atoms with E-state index >= 15 is 0 Å². The van der Waals surface area contributed by atoms with Crippen LogP contribution in [0.5, 0.6) is 0 Å². The Bertz CT molecular complexity index is 172. The molecule has 0 fully saturated rings. The van der Waals surface area contributed by atoms with Gasteiger partial charge in [0, 0.05) is 5.69 Å². The Kier molecular flexibility index (Phi) is 1.90. The normalized spacial score (nSPS) is 9.44. The molecular formula is C7H11NSi. The van der Waals surface area contributed by atoms with Gasteiger partial charge in [0.2, 0.25) is 0 Å². The Morgan fingerprint density at radius 3 is 2.11 bits per heavy atom. The van der Waals surface area contributed by atoms with Crippen LogP contribution in [0.15, 0.2) is 30.3 Å². The number of benzene rings is 1. The van der Waals surface area contributed by atoms with Crippen LogP contribution in [0.4, 0.5) is 5.69 Å². The van der Waals surface area contributed by atoms with Crippen molar-refractivity contribution in [3.63, 3.8) is 0 Å². The molecule has 0 amide bonds. The predicted molar refractivity (Wildman–Crippen MR) is 44.8 cm³/mol. The summed E-state index contributed by atoms with van der Waals surface area (Å²) in [6.45, 7) is 0. The summed E-state index contributed by atoms with van der Waals surface area (Å²) in [6.07, 6.45) is 0. The highest BCUT2D eigenvalue weighted by Gasteiger charge is 1.87. The summed E-state index contributed by atoms with van der Waals surface area (Å²) >= 11 is 0. The summed E-state index contributed by atoms with van der Waals surface area (Å²) in [5.74, 6) is 0. The van der Waals surface area contributed by atoms with Gasteiger partial charge in [0.05, 0.1) is 0 Å². The first-order valence-corrected chi connectivity index (χ1v) is 3.92. The molecule has 0 saturated heterocycles. The third kappa shape index (κ3) is 1.57. The van der Waals surface area contributed by atoms with Gasteiger partial charge in [-0.15, -0.1) is 0 Å². The monoisotopic (exact) mass is 137 g/mol. The van der Waals surface area contributed by atoms with Gasteiger partial charge >= 0.3 is 0 Å². The highest BCUT2D eigenvalue weighted by atomic mass is 28.2. The molecule has 0 atom stereocenters. The Labute approximate surface area is 58.8 Å². The molecule has 0 aromatic heterocycles. The molecule has 0 bridgehead atoms. The van der Waals surface area contributed by atoms with Crippen molar-refractivity contribution in [2.24, 2.45) is 0 Å². The van der Waals surface area contributed by atoms with Gasteiger partial charge in [0.1, 0.15) is 10.4 Å². The minimum Gasteiger partial charge on any atom is -0.409 e. The van der Waals surface area contributed by atoms with Crippen LogP contribution in [0.3, 0.4) is 0 Å². The van der Waals surface area contributed by atoms with Crippen molar-refractivity contribution in [3.8, 4) is 0 Å². The van der Waals surface area contributed by atoms with E-state index < -0.39 is 0 Å². The van der Waals surface area contributed by atoms with E-state index in [4.69, 9.17) is 0 Å². The van der Waals surface area contributed by atoms with Crippen LogP contribution in [-0.4, -0.2) is 17.5 Å². The molecule has 0 aliphatic heterocycles. The molecule has 0 heterocycles. The highest BCUT2D eigenvalue weighted by molar-refractivity contribution is 6.17. The number of hydrogen-bond acceptors (Lipinski definition) is 1. The van der Waals surface area contributed by atoms with Crippen molar-refractivity contribution < 1.29 is 0 Å². The minimum absolute atomic E-state index is 1.09. The van der Waals surface area contributed by atoms with Crippen LogP contribution in [-0.2, 0) is 0 Å². The van der Waals surface area contributed by atoms with Crippen LogP contribution < -0.4 is 4.57 Å². The molecule has 0 saturated carbocycles. The van der Waals surface area contributed by atoms with Crippen LogP contribution in [0.2, 0.25) is 0 Å². The number of para-hydroxylation sites is 1.